The van der Waals surface area contributed by atoms with Gasteiger partial charge in [-0.3, -0.25) is 4.79 Å². The predicted octanol–water partition coefficient (Wildman–Crippen LogP) is 2.09. The molecule has 0 aliphatic carbocycles. The summed E-state index contributed by atoms with van der Waals surface area (Å²) in [5.74, 6) is 1.87. The Morgan fingerprint density at radius 3 is 2.71 bits per heavy atom. The molecule has 4 aliphatic heterocycles. The minimum Gasteiger partial charge on any atom is -0.338 e. The number of hydrogen-bond donors (Lipinski definition) is 0. The van der Waals surface area contributed by atoms with E-state index < -0.39 is 0 Å². The second-order valence-corrected chi connectivity index (χ2v) is 7.23. The molecule has 4 bridgehead atoms. The molecule has 0 radical (unpaired) electrons. The van der Waals surface area contributed by atoms with Crippen LogP contribution in [-0.2, 0) is 11.2 Å². The Hall–Kier alpha value is -1.35. The maximum Gasteiger partial charge on any atom is 0.227 e. The highest BCUT2D eigenvalue weighted by Crippen LogP contribution is 2.36. The molecule has 21 heavy (non-hydrogen) atoms. The fraction of sp³-hybridized carbons (Fsp3) is 0.611. The molecule has 4 saturated heterocycles. The molecule has 4 aliphatic rings. The van der Waals surface area contributed by atoms with Crippen LogP contribution in [0.4, 0.5) is 0 Å². The van der Waals surface area contributed by atoms with Crippen LogP contribution in [0.25, 0.3) is 0 Å². The lowest BCUT2D eigenvalue weighted by atomic mass is 9.84. The van der Waals surface area contributed by atoms with E-state index in [-0.39, 0.29) is 0 Å². The van der Waals surface area contributed by atoms with Crippen molar-refractivity contribution in [2.24, 2.45) is 11.8 Å². The van der Waals surface area contributed by atoms with Crippen molar-refractivity contribution in [2.75, 3.05) is 26.2 Å². The van der Waals surface area contributed by atoms with Gasteiger partial charge in [0.1, 0.15) is 0 Å². The van der Waals surface area contributed by atoms with E-state index in [1.54, 1.807) is 0 Å². The molecule has 5 rings (SSSR count). The van der Waals surface area contributed by atoms with Crippen molar-refractivity contribution in [1.29, 1.82) is 0 Å². The predicted molar refractivity (Wildman–Crippen MR) is 83.0 cm³/mol. The Morgan fingerprint density at radius 1 is 1.10 bits per heavy atom. The van der Waals surface area contributed by atoms with Crippen LogP contribution in [-0.4, -0.2) is 47.9 Å². The van der Waals surface area contributed by atoms with E-state index in [9.17, 15) is 4.79 Å². The third-order valence-electron chi connectivity index (χ3n) is 5.59. The summed E-state index contributed by atoms with van der Waals surface area (Å²) in [7, 11) is 0. The first-order chi connectivity index (χ1) is 10.2. The van der Waals surface area contributed by atoms with Crippen molar-refractivity contribution >= 4 is 5.91 Å². The minimum absolute atomic E-state index is 0.337. The average Bonchev–Trinajstić information content (AvgIpc) is 2.65. The molecule has 0 spiro atoms. The quantitative estimate of drug-likeness (QED) is 0.830. The van der Waals surface area contributed by atoms with E-state index in [4.69, 9.17) is 0 Å². The van der Waals surface area contributed by atoms with Gasteiger partial charge in [-0.2, -0.15) is 0 Å². The molecular weight excluding hydrogens is 260 g/mol. The Kier molecular flexibility index (Phi) is 3.26. The van der Waals surface area contributed by atoms with Gasteiger partial charge in [-0.25, -0.2) is 0 Å². The van der Waals surface area contributed by atoms with Crippen LogP contribution in [0, 0.1) is 18.8 Å². The highest BCUT2D eigenvalue weighted by molar-refractivity contribution is 5.79. The van der Waals surface area contributed by atoms with E-state index in [0.29, 0.717) is 24.3 Å². The van der Waals surface area contributed by atoms with E-state index >= 15 is 0 Å². The smallest absolute Gasteiger partial charge is 0.227 e. The van der Waals surface area contributed by atoms with Crippen LogP contribution < -0.4 is 0 Å². The minimum atomic E-state index is 0.337. The molecule has 4 atom stereocenters. The summed E-state index contributed by atoms with van der Waals surface area (Å²) in [4.78, 5) is 17.7. The first-order valence-corrected chi connectivity index (χ1v) is 8.25. The second kappa shape index (κ2) is 5.13. The molecule has 0 N–H and O–H groups in total. The van der Waals surface area contributed by atoms with E-state index in [0.717, 1.165) is 19.0 Å². The summed E-state index contributed by atoms with van der Waals surface area (Å²) < 4.78 is 0. The third-order valence-corrected chi connectivity index (χ3v) is 5.59. The van der Waals surface area contributed by atoms with Gasteiger partial charge in [0.05, 0.1) is 6.42 Å². The van der Waals surface area contributed by atoms with Crippen molar-refractivity contribution in [3.05, 3.63) is 35.4 Å². The van der Waals surface area contributed by atoms with Crippen LogP contribution in [0.3, 0.4) is 0 Å². The molecule has 3 heteroatoms. The number of amides is 1. The van der Waals surface area contributed by atoms with Gasteiger partial charge in [0.15, 0.2) is 0 Å². The largest absolute Gasteiger partial charge is 0.338 e. The zero-order valence-electron chi connectivity index (χ0n) is 12.8. The van der Waals surface area contributed by atoms with Gasteiger partial charge in [-0.1, -0.05) is 24.3 Å². The molecular formula is C18H24N2O. The first kappa shape index (κ1) is 13.3. The van der Waals surface area contributed by atoms with Crippen molar-refractivity contribution in [3.63, 3.8) is 0 Å². The number of nitrogens with zero attached hydrogens (tertiary/aromatic N) is 2. The van der Waals surface area contributed by atoms with E-state index in [1.807, 2.05) is 12.1 Å². The van der Waals surface area contributed by atoms with Crippen molar-refractivity contribution in [3.8, 4) is 0 Å². The lowest BCUT2D eigenvalue weighted by Gasteiger charge is -2.41. The Morgan fingerprint density at radius 2 is 1.90 bits per heavy atom. The lowest BCUT2D eigenvalue weighted by molar-refractivity contribution is -0.133. The number of aryl methyl sites for hydroxylation is 1. The van der Waals surface area contributed by atoms with Crippen LogP contribution in [0.2, 0.25) is 0 Å². The van der Waals surface area contributed by atoms with Gasteiger partial charge in [-0.05, 0) is 42.7 Å². The Bertz CT molecular complexity index is 542. The average molecular weight is 284 g/mol. The summed E-state index contributed by atoms with van der Waals surface area (Å²) in [6, 6.07) is 8.75. The number of carbonyl (C=O) groups is 1. The number of hydrogen-bond acceptors (Lipinski definition) is 2. The number of fused-ring (bicyclic) bond motifs is 1. The fourth-order valence-electron chi connectivity index (χ4n) is 4.67. The van der Waals surface area contributed by atoms with Gasteiger partial charge in [0.25, 0.3) is 0 Å². The summed E-state index contributed by atoms with van der Waals surface area (Å²) in [6.07, 6.45) is 3.13. The molecule has 1 aromatic carbocycles. The zero-order chi connectivity index (χ0) is 14.4. The van der Waals surface area contributed by atoms with Crippen LogP contribution in [0.1, 0.15) is 24.0 Å². The van der Waals surface area contributed by atoms with Gasteiger partial charge < -0.3 is 9.80 Å². The van der Waals surface area contributed by atoms with Crippen molar-refractivity contribution in [1.82, 2.24) is 9.80 Å². The molecule has 4 fully saturated rings. The molecule has 1 amide bonds. The second-order valence-electron chi connectivity index (χ2n) is 7.23. The van der Waals surface area contributed by atoms with E-state index in [1.165, 1.54) is 37.1 Å². The maximum atomic E-state index is 12.8. The molecule has 4 heterocycles. The normalized spacial score (nSPS) is 34.0. The maximum absolute atomic E-state index is 12.8. The van der Waals surface area contributed by atoms with Crippen LogP contribution in [0.5, 0.6) is 0 Å². The molecule has 112 valence electrons. The van der Waals surface area contributed by atoms with Gasteiger partial charge >= 0.3 is 0 Å². The number of rotatable bonds is 2. The topological polar surface area (TPSA) is 23.6 Å². The highest BCUT2D eigenvalue weighted by atomic mass is 16.2. The first-order valence-electron chi connectivity index (χ1n) is 8.25. The molecule has 4 unspecified atom stereocenters. The molecule has 0 saturated carbocycles. The fourth-order valence-corrected chi connectivity index (χ4v) is 4.67. The summed E-state index contributed by atoms with van der Waals surface area (Å²) >= 11 is 0. The monoisotopic (exact) mass is 284 g/mol. The molecule has 1 aromatic rings. The summed E-state index contributed by atoms with van der Waals surface area (Å²) in [5.41, 5.74) is 2.42. The van der Waals surface area contributed by atoms with Crippen LogP contribution in [0.15, 0.2) is 24.3 Å². The van der Waals surface area contributed by atoms with Gasteiger partial charge in [0.2, 0.25) is 5.91 Å². The van der Waals surface area contributed by atoms with Gasteiger partial charge in [0, 0.05) is 32.2 Å². The number of piperidine rings is 2. The highest BCUT2D eigenvalue weighted by Gasteiger charge is 2.42. The Labute approximate surface area is 126 Å². The number of benzene rings is 1. The van der Waals surface area contributed by atoms with Crippen LogP contribution >= 0.6 is 0 Å². The van der Waals surface area contributed by atoms with Crippen molar-refractivity contribution < 1.29 is 4.79 Å². The SMILES string of the molecule is Cc1ccccc1CC(=O)N1CC2CC3CC1CN(C3)C2. The summed E-state index contributed by atoms with van der Waals surface area (Å²) in [6.45, 7) is 6.67. The van der Waals surface area contributed by atoms with Gasteiger partial charge in [-0.15, -0.1) is 0 Å². The lowest BCUT2D eigenvalue weighted by Crippen LogP contribution is -2.50. The van der Waals surface area contributed by atoms with Crippen molar-refractivity contribution in [2.45, 2.75) is 32.2 Å². The Balaban J connectivity index is 1.53. The summed E-state index contributed by atoms with van der Waals surface area (Å²) in [5, 5.41) is 0. The molecule has 3 nitrogen and oxygen atoms in total. The third kappa shape index (κ3) is 2.48. The molecule has 0 aromatic heterocycles. The number of carbonyl (C=O) groups excluding carboxylic acids is 1. The zero-order valence-corrected chi connectivity index (χ0v) is 12.8. The standard InChI is InChI=1S/C18H24N2O/c1-13-4-2-3-5-16(13)8-18(21)20-11-15-6-14-7-17(20)12-19(9-14)10-15/h2-5,14-15,17H,6-12H2,1H3. The van der Waals surface area contributed by atoms with E-state index in [2.05, 4.69) is 28.9 Å².